The van der Waals surface area contributed by atoms with Crippen LogP contribution in [0.15, 0.2) is 78.9 Å². The molecule has 4 nitrogen and oxygen atoms in total. The van der Waals surface area contributed by atoms with Gasteiger partial charge in [0.15, 0.2) is 5.11 Å². The molecular formula is C23H25N3OS. The second-order valence-electron chi connectivity index (χ2n) is 6.63. The van der Waals surface area contributed by atoms with Crippen LogP contribution >= 0.6 is 12.2 Å². The lowest BCUT2D eigenvalue weighted by Crippen LogP contribution is -2.25. The van der Waals surface area contributed by atoms with Crippen LogP contribution in [0.2, 0.25) is 0 Å². The number of rotatable bonds is 6. The van der Waals surface area contributed by atoms with Gasteiger partial charge in [-0.2, -0.15) is 0 Å². The van der Waals surface area contributed by atoms with Crippen LogP contribution in [0.3, 0.4) is 0 Å². The molecule has 0 aromatic heterocycles. The molecule has 0 saturated heterocycles. The van der Waals surface area contributed by atoms with E-state index < -0.39 is 0 Å². The first-order chi connectivity index (χ1) is 13.6. The van der Waals surface area contributed by atoms with Gasteiger partial charge < -0.3 is 20.3 Å². The normalized spacial score (nSPS) is 10.4. The van der Waals surface area contributed by atoms with Crippen LogP contribution in [0.25, 0.3) is 0 Å². The van der Waals surface area contributed by atoms with E-state index >= 15 is 0 Å². The van der Waals surface area contributed by atoms with Crippen LogP contribution in [0.1, 0.15) is 13.8 Å². The third kappa shape index (κ3) is 4.81. The van der Waals surface area contributed by atoms with Gasteiger partial charge in [0.25, 0.3) is 0 Å². The fourth-order valence-electron chi connectivity index (χ4n) is 3.07. The zero-order valence-corrected chi connectivity index (χ0v) is 17.2. The lowest BCUT2D eigenvalue weighted by Gasteiger charge is -2.29. The van der Waals surface area contributed by atoms with Gasteiger partial charge in [0.05, 0.1) is 12.8 Å². The fraction of sp³-hybridized carbons (Fsp3) is 0.174. The highest BCUT2D eigenvalue weighted by Gasteiger charge is 2.13. The molecule has 3 rings (SSSR count). The lowest BCUT2D eigenvalue weighted by molar-refractivity contribution is 0.417. The van der Waals surface area contributed by atoms with Crippen LogP contribution < -0.4 is 20.3 Å². The van der Waals surface area contributed by atoms with Crippen molar-refractivity contribution >= 4 is 40.1 Å². The maximum Gasteiger partial charge on any atom is 0.175 e. The Kier molecular flexibility index (Phi) is 6.50. The molecule has 0 fully saturated rings. The summed E-state index contributed by atoms with van der Waals surface area (Å²) in [6.45, 7) is 4.37. The minimum Gasteiger partial charge on any atom is -0.495 e. The van der Waals surface area contributed by atoms with Crippen molar-refractivity contribution in [1.82, 2.24) is 0 Å². The van der Waals surface area contributed by atoms with E-state index in [0.717, 1.165) is 22.8 Å². The van der Waals surface area contributed by atoms with Gasteiger partial charge in [0.2, 0.25) is 0 Å². The van der Waals surface area contributed by atoms with Gasteiger partial charge in [-0.1, -0.05) is 30.3 Å². The van der Waals surface area contributed by atoms with Gasteiger partial charge in [0.1, 0.15) is 5.75 Å². The highest BCUT2D eigenvalue weighted by atomic mass is 32.1. The van der Waals surface area contributed by atoms with Crippen molar-refractivity contribution in [3.05, 3.63) is 78.9 Å². The molecule has 0 aliphatic heterocycles. The van der Waals surface area contributed by atoms with Crippen molar-refractivity contribution < 1.29 is 4.74 Å². The second-order valence-corrected chi connectivity index (χ2v) is 7.03. The molecule has 3 aromatic rings. The topological polar surface area (TPSA) is 36.5 Å². The van der Waals surface area contributed by atoms with Crippen LogP contribution in [0.5, 0.6) is 5.75 Å². The first-order valence-electron chi connectivity index (χ1n) is 9.24. The van der Waals surface area contributed by atoms with Crippen LogP contribution in [0, 0.1) is 0 Å². The smallest absolute Gasteiger partial charge is 0.175 e. The fourth-order valence-corrected chi connectivity index (χ4v) is 3.30. The van der Waals surface area contributed by atoms with E-state index in [2.05, 4.69) is 65.8 Å². The van der Waals surface area contributed by atoms with Gasteiger partial charge in [-0.25, -0.2) is 0 Å². The predicted octanol–water partition coefficient (Wildman–Crippen LogP) is 6.05. The number of benzene rings is 3. The number of hydrogen-bond acceptors (Lipinski definition) is 3. The Morgan fingerprint density at radius 3 is 2.07 bits per heavy atom. The first kappa shape index (κ1) is 19.7. The Morgan fingerprint density at radius 1 is 0.821 bits per heavy atom. The number of methoxy groups -OCH3 is 1. The first-order valence-corrected chi connectivity index (χ1v) is 9.64. The summed E-state index contributed by atoms with van der Waals surface area (Å²) in [5.41, 5.74) is 4.06. The van der Waals surface area contributed by atoms with E-state index in [0.29, 0.717) is 11.2 Å². The van der Waals surface area contributed by atoms with Crippen LogP contribution in [-0.2, 0) is 0 Å². The molecule has 0 atom stereocenters. The van der Waals surface area contributed by atoms with Gasteiger partial charge in [-0.15, -0.1) is 0 Å². The Labute approximate surface area is 172 Å². The summed E-state index contributed by atoms with van der Waals surface area (Å²) in [6.07, 6.45) is 0. The molecule has 0 spiro atoms. The monoisotopic (exact) mass is 391 g/mol. The standard InChI is InChI=1S/C23H25N3OS/c1-17(2)26(19-9-5-4-6-10-19)20-15-13-18(14-16-20)24-23(28)25-21-11-7-8-12-22(21)27-3/h4-17H,1-3H3,(H2,24,25,28). The third-order valence-electron chi connectivity index (χ3n) is 4.31. The molecule has 144 valence electrons. The third-order valence-corrected chi connectivity index (χ3v) is 4.51. The van der Waals surface area contributed by atoms with Gasteiger partial charge in [-0.05, 0) is 74.6 Å². The summed E-state index contributed by atoms with van der Waals surface area (Å²) in [4.78, 5) is 2.30. The van der Waals surface area contributed by atoms with Crippen molar-refractivity contribution in [2.45, 2.75) is 19.9 Å². The van der Waals surface area contributed by atoms with Crippen molar-refractivity contribution in [2.75, 3.05) is 22.6 Å². The van der Waals surface area contributed by atoms with Crippen molar-refractivity contribution in [3.8, 4) is 5.75 Å². The summed E-state index contributed by atoms with van der Waals surface area (Å²) in [7, 11) is 1.64. The molecule has 0 bridgehead atoms. The van der Waals surface area contributed by atoms with Crippen molar-refractivity contribution in [1.29, 1.82) is 0 Å². The van der Waals surface area contributed by atoms with E-state index in [1.165, 1.54) is 5.69 Å². The Balaban J connectivity index is 1.71. The van der Waals surface area contributed by atoms with E-state index in [9.17, 15) is 0 Å². The number of nitrogens with zero attached hydrogens (tertiary/aromatic N) is 1. The zero-order valence-electron chi connectivity index (χ0n) is 16.3. The summed E-state index contributed by atoms with van der Waals surface area (Å²) < 4.78 is 5.35. The molecule has 0 amide bonds. The SMILES string of the molecule is COc1ccccc1NC(=S)Nc1ccc(N(c2ccccc2)C(C)C)cc1. The van der Waals surface area contributed by atoms with Crippen LogP contribution in [-0.4, -0.2) is 18.3 Å². The molecule has 0 unspecified atom stereocenters. The number of anilines is 4. The summed E-state index contributed by atoms with van der Waals surface area (Å²) in [6, 6.07) is 26.7. The highest BCUT2D eigenvalue weighted by Crippen LogP contribution is 2.29. The predicted molar refractivity (Wildman–Crippen MR) is 123 cm³/mol. The van der Waals surface area contributed by atoms with Gasteiger partial charge in [0, 0.05) is 23.1 Å². The molecule has 0 heterocycles. The average Bonchev–Trinajstić information content (AvgIpc) is 2.70. The molecule has 0 aliphatic carbocycles. The summed E-state index contributed by atoms with van der Waals surface area (Å²) >= 11 is 5.44. The maximum atomic E-state index is 5.44. The molecular weight excluding hydrogens is 366 g/mol. The molecule has 0 aliphatic rings. The second kappa shape index (κ2) is 9.24. The van der Waals surface area contributed by atoms with E-state index in [-0.39, 0.29) is 0 Å². The summed E-state index contributed by atoms with van der Waals surface area (Å²) in [5.74, 6) is 0.748. The Morgan fingerprint density at radius 2 is 1.43 bits per heavy atom. The minimum atomic E-state index is 0.342. The van der Waals surface area contributed by atoms with E-state index in [1.807, 2.05) is 42.5 Å². The quantitative estimate of drug-likeness (QED) is 0.500. The molecule has 2 N–H and O–H groups in total. The van der Waals surface area contributed by atoms with Crippen molar-refractivity contribution in [3.63, 3.8) is 0 Å². The number of para-hydroxylation sites is 3. The van der Waals surface area contributed by atoms with Crippen molar-refractivity contribution in [2.24, 2.45) is 0 Å². The average molecular weight is 392 g/mol. The molecule has 0 radical (unpaired) electrons. The summed E-state index contributed by atoms with van der Waals surface area (Å²) in [5, 5.41) is 6.91. The van der Waals surface area contributed by atoms with E-state index in [4.69, 9.17) is 17.0 Å². The molecule has 0 saturated carbocycles. The molecule has 28 heavy (non-hydrogen) atoms. The highest BCUT2D eigenvalue weighted by molar-refractivity contribution is 7.80. The minimum absolute atomic E-state index is 0.342. The van der Waals surface area contributed by atoms with Gasteiger partial charge in [-0.3, -0.25) is 0 Å². The van der Waals surface area contributed by atoms with E-state index in [1.54, 1.807) is 7.11 Å². The maximum absolute atomic E-state index is 5.44. The number of hydrogen-bond donors (Lipinski definition) is 2. The van der Waals surface area contributed by atoms with Crippen LogP contribution in [0.4, 0.5) is 22.7 Å². The zero-order chi connectivity index (χ0) is 19.9. The Bertz CT molecular complexity index is 911. The number of nitrogens with one attached hydrogen (secondary N) is 2. The number of thiocarbonyl (C=S) groups is 1. The largest absolute Gasteiger partial charge is 0.495 e. The lowest BCUT2D eigenvalue weighted by atomic mass is 10.2. The Hall–Kier alpha value is -3.05. The molecule has 3 aromatic carbocycles. The number of ether oxygens (including phenoxy) is 1. The van der Waals surface area contributed by atoms with Gasteiger partial charge >= 0.3 is 0 Å². The molecule has 5 heteroatoms.